The minimum absolute atomic E-state index is 0.479. The molecule has 0 amide bonds. The summed E-state index contributed by atoms with van der Waals surface area (Å²) in [6.45, 7) is 5.10. The summed E-state index contributed by atoms with van der Waals surface area (Å²) in [5.74, 6) is 0. The number of aromatic nitrogens is 1. The predicted octanol–water partition coefficient (Wildman–Crippen LogP) is 2.03. The third-order valence-corrected chi connectivity index (χ3v) is 4.05. The van der Waals surface area contributed by atoms with Crippen molar-refractivity contribution in [2.45, 2.75) is 45.4 Å². The van der Waals surface area contributed by atoms with Crippen LogP contribution in [0.4, 0.5) is 0 Å². The van der Waals surface area contributed by atoms with Gasteiger partial charge in [0.25, 0.3) is 0 Å². The second kappa shape index (κ2) is 4.60. The van der Waals surface area contributed by atoms with Crippen molar-refractivity contribution in [2.24, 2.45) is 0 Å². The molecule has 0 aromatic carbocycles. The Balaban J connectivity index is 1.77. The standard InChI is InChI=1S/C11H18N2OS/c1-7-11(15-8(2)13-7)6-12-9-4-10(5-9)14-3/h9-10,12H,4-6H2,1-3H3. The first kappa shape index (κ1) is 11.0. The molecule has 4 heteroatoms. The fraction of sp³-hybridized carbons (Fsp3) is 0.727. The maximum Gasteiger partial charge on any atom is 0.0900 e. The van der Waals surface area contributed by atoms with Gasteiger partial charge in [0.1, 0.15) is 0 Å². The molecule has 1 heterocycles. The smallest absolute Gasteiger partial charge is 0.0900 e. The molecular formula is C11H18N2OS. The van der Waals surface area contributed by atoms with Crippen LogP contribution in [0.25, 0.3) is 0 Å². The molecule has 2 rings (SSSR count). The molecule has 0 spiro atoms. The van der Waals surface area contributed by atoms with Gasteiger partial charge in [-0.1, -0.05) is 0 Å². The van der Waals surface area contributed by atoms with E-state index >= 15 is 0 Å². The van der Waals surface area contributed by atoms with Gasteiger partial charge >= 0.3 is 0 Å². The number of methoxy groups -OCH3 is 1. The summed E-state index contributed by atoms with van der Waals surface area (Å²) in [6, 6.07) is 0.636. The average molecular weight is 226 g/mol. The van der Waals surface area contributed by atoms with E-state index in [9.17, 15) is 0 Å². The number of nitrogens with zero attached hydrogens (tertiary/aromatic N) is 1. The van der Waals surface area contributed by atoms with Gasteiger partial charge in [0, 0.05) is 24.6 Å². The molecule has 1 N–H and O–H groups in total. The lowest BCUT2D eigenvalue weighted by molar-refractivity contribution is 0.0170. The molecular weight excluding hydrogens is 208 g/mol. The van der Waals surface area contributed by atoms with Crippen molar-refractivity contribution in [3.63, 3.8) is 0 Å². The molecule has 1 fully saturated rings. The van der Waals surface area contributed by atoms with Crippen molar-refractivity contribution in [1.82, 2.24) is 10.3 Å². The average Bonchev–Trinajstić information content (AvgIpc) is 2.43. The normalized spacial score (nSPS) is 25.3. The topological polar surface area (TPSA) is 34.1 Å². The maximum absolute atomic E-state index is 5.25. The van der Waals surface area contributed by atoms with Gasteiger partial charge in [-0.25, -0.2) is 4.98 Å². The van der Waals surface area contributed by atoms with Crippen LogP contribution >= 0.6 is 11.3 Å². The van der Waals surface area contributed by atoms with Crippen LogP contribution in [0.15, 0.2) is 0 Å². The third kappa shape index (κ3) is 2.56. The summed E-state index contributed by atoms with van der Waals surface area (Å²) in [4.78, 5) is 5.79. The van der Waals surface area contributed by atoms with Gasteiger partial charge in [-0.15, -0.1) is 11.3 Å². The van der Waals surface area contributed by atoms with Gasteiger partial charge in [-0.2, -0.15) is 0 Å². The van der Waals surface area contributed by atoms with E-state index in [1.54, 1.807) is 18.4 Å². The molecule has 1 aromatic heterocycles. The quantitative estimate of drug-likeness (QED) is 0.853. The van der Waals surface area contributed by atoms with E-state index in [4.69, 9.17) is 4.74 Å². The van der Waals surface area contributed by atoms with Crippen LogP contribution in [0, 0.1) is 13.8 Å². The molecule has 0 bridgehead atoms. The SMILES string of the molecule is COC1CC(NCc2sc(C)nc2C)C1. The van der Waals surface area contributed by atoms with E-state index in [1.807, 2.05) is 0 Å². The molecule has 0 atom stereocenters. The summed E-state index contributed by atoms with van der Waals surface area (Å²) in [5, 5.41) is 4.70. The van der Waals surface area contributed by atoms with Gasteiger partial charge in [0.15, 0.2) is 0 Å². The van der Waals surface area contributed by atoms with Crippen molar-refractivity contribution in [3.05, 3.63) is 15.6 Å². The second-order valence-electron chi connectivity index (χ2n) is 4.15. The van der Waals surface area contributed by atoms with Gasteiger partial charge in [-0.05, 0) is 26.7 Å². The molecule has 0 radical (unpaired) electrons. The molecule has 0 unspecified atom stereocenters. The summed E-state index contributed by atoms with van der Waals surface area (Å²) in [7, 11) is 1.79. The van der Waals surface area contributed by atoms with Gasteiger partial charge in [-0.3, -0.25) is 0 Å². The first-order valence-electron chi connectivity index (χ1n) is 5.38. The molecule has 0 aliphatic heterocycles. The Morgan fingerprint density at radius 1 is 1.47 bits per heavy atom. The number of nitrogens with one attached hydrogen (secondary N) is 1. The molecule has 15 heavy (non-hydrogen) atoms. The lowest BCUT2D eigenvalue weighted by Gasteiger charge is -2.34. The van der Waals surface area contributed by atoms with E-state index in [2.05, 4.69) is 24.1 Å². The summed E-state index contributed by atoms with van der Waals surface area (Å²) >= 11 is 1.79. The Labute approximate surface area is 94.9 Å². The minimum Gasteiger partial charge on any atom is -0.381 e. The highest BCUT2D eigenvalue weighted by Gasteiger charge is 2.28. The number of thiazole rings is 1. The van der Waals surface area contributed by atoms with Crippen LogP contribution < -0.4 is 5.32 Å². The van der Waals surface area contributed by atoms with Crippen molar-refractivity contribution < 1.29 is 4.74 Å². The zero-order valence-corrected chi connectivity index (χ0v) is 10.4. The van der Waals surface area contributed by atoms with Crippen LogP contribution in [0.2, 0.25) is 0 Å². The summed E-state index contributed by atoms with van der Waals surface area (Å²) in [5.41, 5.74) is 1.17. The monoisotopic (exact) mass is 226 g/mol. The Kier molecular flexibility index (Phi) is 3.38. The van der Waals surface area contributed by atoms with Crippen molar-refractivity contribution >= 4 is 11.3 Å². The number of hydrogen-bond acceptors (Lipinski definition) is 4. The maximum atomic E-state index is 5.25. The molecule has 84 valence electrons. The van der Waals surface area contributed by atoms with Crippen LogP contribution in [-0.2, 0) is 11.3 Å². The van der Waals surface area contributed by atoms with Crippen LogP contribution in [0.5, 0.6) is 0 Å². The summed E-state index contributed by atoms with van der Waals surface area (Å²) in [6.07, 6.45) is 2.77. The van der Waals surface area contributed by atoms with Crippen LogP contribution in [-0.4, -0.2) is 24.2 Å². The number of rotatable bonds is 4. The van der Waals surface area contributed by atoms with Crippen molar-refractivity contribution in [1.29, 1.82) is 0 Å². The van der Waals surface area contributed by atoms with Crippen LogP contribution in [0.1, 0.15) is 28.4 Å². The fourth-order valence-electron chi connectivity index (χ4n) is 1.90. The molecule has 3 nitrogen and oxygen atoms in total. The highest BCUT2D eigenvalue weighted by Crippen LogP contribution is 2.24. The fourth-order valence-corrected chi connectivity index (χ4v) is 2.79. The highest BCUT2D eigenvalue weighted by atomic mass is 32.1. The lowest BCUT2D eigenvalue weighted by atomic mass is 9.89. The Morgan fingerprint density at radius 3 is 2.73 bits per heavy atom. The van der Waals surface area contributed by atoms with Crippen molar-refractivity contribution in [3.8, 4) is 0 Å². The van der Waals surface area contributed by atoms with E-state index in [-0.39, 0.29) is 0 Å². The summed E-state index contributed by atoms with van der Waals surface area (Å²) < 4.78 is 5.25. The van der Waals surface area contributed by atoms with Gasteiger partial charge in [0.05, 0.1) is 16.8 Å². The van der Waals surface area contributed by atoms with Gasteiger partial charge < -0.3 is 10.1 Å². The number of aryl methyl sites for hydroxylation is 2. The highest BCUT2D eigenvalue weighted by molar-refractivity contribution is 7.11. The van der Waals surface area contributed by atoms with E-state index in [1.165, 1.54) is 10.6 Å². The predicted molar refractivity (Wildman–Crippen MR) is 62.2 cm³/mol. The van der Waals surface area contributed by atoms with E-state index in [0.29, 0.717) is 12.1 Å². The Bertz CT molecular complexity index is 331. The zero-order valence-electron chi connectivity index (χ0n) is 9.54. The molecule has 1 aliphatic carbocycles. The molecule has 1 saturated carbocycles. The molecule has 0 saturated heterocycles. The number of ether oxygens (including phenoxy) is 1. The largest absolute Gasteiger partial charge is 0.381 e. The first-order valence-corrected chi connectivity index (χ1v) is 6.19. The lowest BCUT2D eigenvalue weighted by Crippen LogP contribution is -2.44. The van der Waals surface area contributed by atoms with Gasteiger partial charge in [0.2, 0.25) is 0 Å². The second-order valence-corrected chi connectivity index (χ2v) is 5.44. The van der Waals surface area contributed by atoms with Crippen LogP contribution in [0.3, 0.4) is 0 Å². The molecule has 1 aromatic rings. The minimum atomic E-state index is 0.479. The van der Waals surface area contributed by atoms with Crippen molar-refractivity contribution in [2.75, 3.05) is 7.11 Å². The van der Waals surface area contributed by atoms with E-state index < -0.39 is 0 Å². The zero-order chi connectivity index (χ0) is 10.8. The van der Waals surface area contributed by atoms with E-state index in [0.717, 1.165) is 24.4 Å². The molecule has 1 aliphatic rings. The third-order valence-electron chi connectivity index (χ3n) is 2.98. The Hall–Kier alpha value is -0.450. The number of hydrogen-bond donors (Lipinski definition) is 1. The Morgan fingerprint density at radius 2 is 2.20 bits per heavy atom. The first-order chi connectivity index (χ1) is 7.19.